The molecule has 2 aromatic rings. The molecule has 0 spiro atoms. The number of carbonyl (C=O) groups excluding carboxylic acids is 1. The number of rotatable bonds is 10. The van der Waals surface area contributed by atoms with Crippen LogP contribution in [-0.4, -0.2) is 41.3 Å². The SMILES string of the molecule is CCc1ccc(CC)c(CNC(=O)CN(c2cc(OC)c(Cl)cc2OC)S(C)(=O)=O)c1. The predicted octanol–water partition coefficient (Wildman–Crippen LogP) is 3.56. The van der Waals surface area contributed by atoms with E-state index in [1.165, 1.54) is 31.9 Å². The number of methoxy groups -OCH3 is 2. The fourth-order valence-electron chi connectivity index (χ4n) is 3.21. The number of ether oxygens (including phenoxy) is 2. The molecule has 170 valence electrons. The molecule has 1 amide bonds. The Morgan fingerprint density at radius 2 is 1.71 bits per heavy atom. The minimum atomic E-state index is -3.80. The van der Waals surface area contributed by atoms with Crippen LogP contribution in [0.3, 0.4) is 0 Å². The van der Waals surface area contributed by atoms with Crippen LogP contribution in [0.15, 0.2) is 30.3 Å². The second-order valence-electron chi connectivity index (χ2n) is 7.02. The van der Waals surface area contributed by atoms with Gasteiger partial charge >= 0.3 is 0 Å². The van der Waals surface area contributed by atoms with Crippen molar-refractivity contribution in [3.05, 3.63) is 52.0 Å². The molecule has 9 heteroatoms. The Bertz CT molecular complexity index is 1040. The zero-order chi connectivity index (χ0) is 23.2. The second kappa shape index (κ2) is 10.7. The summed E-state index contributed by atoms with van der Waals surface area (Å²) in [5.41, 5.74) is 3.51. The molecule has 2 rings (SSSR count). The largest absolute Gasteiger partial charge is 0.495 e. The van der Waals surface area contributed by atoms with Crippen LogP contribution in [-0.2, 0) is 34.2 Å². The Balaban J connectivity index is 2.28. The van der Waals surface area contributed by atoms with Gasteiger partial charge in [-0.15, -0.1) is 0 Å². The first kappa shape index (κ1) is 24.8. The van der Waals surface area contributed by atoms with Crippen molar-refractivity contribution in [2.75, 3.05) is 31.3 Å². The van der Waals surface area contributed by atoms with E-state index in [0.29, 0.717) is 6.54 Å². The third-order valence-corrected chi connectivity index (χ3v) is 6.37. The van der Waals surface area contributed by atoms with Crippen molar-refractivity contribution in [3.8, 4) is 11.5 Å². The highest BCUT2D eigenvalue weighted by Gasteiger charge is 2.25. The number of nitrogens with one attached hydrogen (secondary N) is 1. The lowest BCUT2D eigenvalue weighted by atomic mass is 10.0. The standard InChI is InChI=1S/C22H29ClN2O5S/c1-6-15-8-9-16(7-2)17(10-15)13-24-22(26)14-25(31(5,27)28)19-12-20(29-3)18(23)11-21(19)30-4/h8-12H,6-7,13-14H2,1-5H3,(H,24,26). The van der Waals surface area contributed by atoms with Crippen LogP contribution in [0, 0.1) is 0 Å². The molecule has 7 nitrogen and oxygen atoms in total. The third kappa shape index (κ3) is 6.27. The summed E-state index contributed by atoms with van der Waals surface area (Å²) in [6, 6.07) is 9.11. The molecule has 0 heterocycles. The monoisotopic (exact) mass is 468 g/mol. The molecule has 0 aliphatic heterocycles. The Hall–Kier alpha value is -2.45. The third-order valence-electron chi connectivity index (χ3n) is 4.95. The number of sulfonamides is 1. The van der Waals surface area contributed by atoms with Gasteiger partial charge in [0.15, 0.2) is 0 Å². The minimum absolute atomic E-state index is 0.170. The molecule has 0 saturated carbocycles. The molecule has 0 aliphatic carbocycles. The molecule has 0 aliphatic rings. The minimum Gasteiger partial charge on any atom is -0.495 e. The van der Waals surface area contributed by atoms with E-state index in [-0.39, 0.29) is 22.2 Å². The topological polar surface area (TPSA) is 84.9 Å². The summed E-state index contributed by atoms with van der Waals surface area (Å²) in [5.74, 6) is 0.0498. The van der Waals surface area contributed by atoms with Crippen molar-refractivity contribution in [2.45, 2.75) is 33.2 Å². The lowest BCUT2D eigenvalue weighted by molar-refractivity contribution is -0.119. The van der Waals surface area contributed by atoms with E-state index in [4.69, 9.17) is 21.1 Å². The number of benzene rings is 2. The van der Waals surface area contributed by atoms with Gasteiger partial charge in [-0.3, -0.25) is 9.10 Å². The summed E-state index contributed by atoms with van der Waals surface area (Å²) in [4.78, 5) is 12.7. The molecule has 31 heavy (non-hydrogen) atoms. The maximum atomic E-state index is 12.7. The Kier molecular flexibility index (Phi) is 8.59. The first-order valence-electron chi connectivity index (χ1n) is 9.91. The van der Waals surface area contributed by atoms with Crippen molar-refractivity contribution in [2.24, 2.45) is 0 Å². The zero-order valence-electron chi connectivity index (χ0n) is 18.5. The number of carbonyl (C=O) groups is 1. The molecule has 1 N–H and O–H groups in total. The summed E-state index contributed by atoms with van der Waals surface area (Å²) >= 11 is 6.12. The average Bonchev–Trinajstić information content (AvgIpc) is 2.74. The van der Waals surface area contributed by atoms with Crippen LogP contribution in [0.2, 0.25) is 5.02 Å². The van der Waals surface area contributed by atoms with E-state index < -0.39 is 22.5 Å². The van der Waals surface area contributed by atoms with Gasteiger partial charge < -0.3 is 14.8 Å². The quantitative estimate of drug-likeness (QED) is 0.576. The summed E-state index contributed by atoms with van der Waals surface area (Å²) < 4.78 is 36.5. The number of hydrogen-bond acceptors (Lipinski definition) is 5. The second-order valence-corrected chi connectivity index (χ2v) is 9.33. The fourth-order valence-corrected chi connectivity index (χ4v) is 4.29. The van der Waals surface area contributed by atoms with Gasteiger partial charge in [-0.2, -0.15) is 0 Å². The van der Waals surface area contributed by atoms with E-state index in [1.54, 1.807) is 0 Å². The zero-order valence-corrected chi connectivity index (χ0v) is 20.1. The highest BCUT2D eigenvalue weighted by atomic mass is 35.5. The van der Waals surface area contributed by atoms with Gasteiger partial charge in [0, 0.05) is 18.7 Å². The van der Waals surface area contributed by atoms with Crippen molar-refractivity contribution >= 4 is 33.2 Å². The van der Waals surface area contributed by atoms with Crippen molar-refractivity contribution < 1.29 is 22.7 Å². The van der Waals surface area contributed by atoms with E-state index in [2.05, 4.69) is 37.4 Å². The van der Waals surface area contributed by atoms with Gasteiger partial charge in [0.25, 0.3) is 0 Å². The van der Waals surface area contributed by atoms with Crippen LogP contribution in [0.25, 0.3) is 0 Å². The van der Waals surface area contributed by atoms with Crippen LogP contribution >= 0.6 is 11.6 Å². The number of hydrogen-bond donors (Lipinski definition) is 1. The van der Waals surface area contributed by atoms with E-state index in [1.807, 2.05) is 0 Å². The van der Waals surface area contributed by atoms with Gasteiger partial charge in [0.05, 0.1) is 31.2 Å². The summed E-state index contributed by atoms with van der Waals surface area (Å²) in [6.45, 7) is 4.03. The first-order chi connectivity index (χ1) is 14.6. The van der Waals surface area contributed by atoms with Crippen molar-refractivity contribution in [1.82, 2.24) is 5.32 Å². The average molecular weight is 469 g/mol. The molecular weight excluding hydrogens is 440 g/mol. The van der Waals surface area contributed by atoms with Crippen LogP contribution in [0.5, 0.6) is 11.5 Å². The number of nitrogens with zero attached hydrogens (tertiary/aromatic N) is 1. The predicted molar refractivity (Wildman–Crippen MR) is 124 cm³/mol. The number of halogens is 1. The fraction of sp³-hybridized carbons (Fsp3) is 0.409. The van der Waals surface area contributed by atoms with E-state index in [0.717, 1.165) is 34.5 Å². The summed E-state index contributed by atoms with van der Waals surface area (Å²) in [7, 11) is -0.977. The van der Waals surface area contributed by atoms with E-state index >= 15 is 0 Å². The lowest BCUT2D eigenvalue weighted by Crippen LogP contribution is -2.40. The van der Waals surface area contributed by atoms with Crippen LogP contribution in [0.4, 0.5) is 5.69 Å². The molecule has 0 aromatic heterocycles. The van der Waals surface area contributed by atoms with Crippen molar-refractivity contribution in [1.29, 1.82) is 0 Å². The molecule has 0 saturated heterocycles. The smallest absolute Gasteiger partial charge is 0.241 e. The number of anilines is 1. The Morgan fingerprint density at radius 3 is 2.26 bits per heavy atom. The van der Waals surface area contributed by atoms with Gasteiger partial charge in [-0.25, -0.2) is 8.42 Å². The molecule has 0 fully saturated rings. The Labute approximate surface area is 189 Å². The molecule has 0 radical (unpaired) electrons. The summed E-state index contributed by atoms with van der Waals surface area (Å²) in [5, 5.41) is 3.10. The number of amides is 1. The van der Waals surface area contributed by atoms with Gasteiger partial charge in [-0.05, 0) is 29.5 Å². The van der Waals surface area contributed by atoms with Crippen LogP contribution < -0.4 is 19.1 Å². The highest BCUT2D eigenvalue weighted by Crippen LogP contribution is 2.38. The maximum Gasteiger partial charge on any atom is 0.241 e. The summed E-state index contributed by atoms with van der Waals surface area (Å²) in [6.07, 6.45) is 2.76. The molecule has 0 unspecified atom stereocenters. The van der Waals surface area contributed by atoms with Crippen molar-refractivity contribution in [3.63, 3.8) is 0 Å². The molecular formula is C22H29ClN2O5S. The van der Waals surface area contributed by atoms with E-state index in [9.17, 15) is 13.2 Å². The highest BCUT2D eigenvalue weighted by molar-refractivity contribution is 7.92. The maximum absolute atomic E-state index is 12.7. The number of aryl methyl sites for hydroxylation is 2. The lowest BCUT2D eigenvalue weighted by Gasteiger charge is -2.24. The van der Waals surface area contributed by atoms with Crippen LogP contribution in [0.1, 0.15) is 30.5 Å². The normalized spacial score (nSPS) is 11.2. The Morgan fingerprint density at radius 1 is 1.03 bits per heavy atom. The first-order valence-corrected chi connectivity index (χ1v) is 12.1. The van der Waals surface area contributed by atoms with Gasteiger partial charge in [-0.1, -0.05) is 43.6 Å². The van der Waals surface area contributed by atoms with Gasteiger partial charge in [0.2, 0.25) is 15.9 Å². The molecule has 0 bridgehead atoms. The van der Waals surface area contributed by atoms with Gasteiger partial charge in [0.1, 0.15) is 18.0 Å². The molecule has 0 atom stereocenters. The molecule has 2 aromatic carbocycles.